The predicted molar refractivity (Wildman–Crippen MR) is 83.2 cm³/mol. The summed E-state index contributed by atoms with van der Waals surface area (Å²) in [7, 11) is 0. The minimum absolute atomic E-state index is 0.155. The normalized spacial score (nSPS) is 10.5. The van der Waals surface area contributed by atoms with Crippen molar-refractivity contribution < 1.29 is 9.18 Å². The number of aromatic nitrogens is 2. The Morgan fingerprint density at radius 3 is 2.87 bits per heavy atom. The third kappa shape index (κ3) is 3.54. The van der Waals surface area contributed by atoms with Crippen LogP contribution in [0.15, 0.2) is 23.3 Å². The van der Waals surface area contributed by atoms with E-state index in [1.807, 2.05) is 13.0 Å². The van der Waals surface area contributed by atoms with E-state index in [-0.39, 0.29) is 35.3 Å². The van der Waals surface area contributed by atoms with E-state index in [1.54, 1.807) is 6.92 Å². The molecule has 0 atom stereocenters. The number of amides is 1. The highest BCUT2D eigenvalue weighted by molar-refractivity contribution is 5.79. The molecule has 0 aliphatic rings. The van der Waals surface area contributed by atoms with Crippen LogP contribution in [0.1, 0.15) is 18.9 Å². The Morgan fingerprint density at radius 2 is 2.22 bits per heavy atom. The summed E-state index contributed by atoms with van der Waals surface area (Å²) in [6, 6.07) is 4.64. The van der Waals surface area contributed by atoms with Gasteiger partial charge in [0.1, 0.15) is 12.4 Å². The largest absolute Gasteiger partial charge is 0.340 e. The number of benzene rings is 1. The summed E-state index contributed by atoms with van der Waals surface area (Å²) in [5.74, 6) is -0.684. The van der Waals surface area contributed by atoms with Gasteiger partial charge < -0.3 is 4.90 Å². The topological polar surface area (TPSA) is 79.0 Å². The zero-order chi connectivity index (χ0) is 17.0. The Labute approximate surface area is 132 Å². The van der Waals surface area contributed by atoms with Crippen LogP contribution in [0.5, 0.6) is 0 Å². The van der Waals surface area contributed by atoms with Gasteiger partial charge in [-0.2, -0.15) is 5.26 Å². The molecule has 0 saturated carbocycles. The third-order valence-corrected chi connectivity index (χ3v) is 3.64. The molecule has 0 fully saturated rings. The second kappa shape index (κ2) is 7.01. The molecular weight excluding hydrogens is 299 g/mol. The molecule has 0 N–H and O–H groups in total. The van der Waals surface area contributed by atoms with Gasteiger partial charge in [0.15, 0.2) is 0 Å². The first kappa shape index (κ1) is 16.6. The van der Waals surface area contributed by atoms with E-state index in [0.29, 0.717) is 18.7 Å². The zero-order valence-corrected chi connectivity index (χ0v) is 13.0. The monoisotopic (exact) mass is 316 g/mol. The molecule has 6 nitrogen and oxygen atoms in total. The maximum Gasteiger partial charge on any atom is 0.261 e. The molecule has 1 heterocycles. The Balaban J connectivity index is 2.32. The molecule has 7 heteroatoms. The van der Waals surface area contributed by atoms with Crippen LogP contribution in [-0.2, 0) is 11.3 Å². The fraction of sp³-hybridized carbons (Fsp3) is 0.375. The standard InChI is InChI=1S/C16H17FN4O2/c1-3-20(6-4-5-18)15(22)9-21-10-19-14-8-13(17)11(2)7-12(14)16(21)23/h7-8,10H,3-4,6,9H2,1-2H3. The van der Waals surface area contributed by atoms with Crippen molar-refractivity contribution in [2.45, 2.75) is 26.8 Å². The van der Waals surface area contributed by atoms with Crippen molar-refractivity contribution in [2.75, 3.05) is 13.1 Å². The summed E-state index contributed by atoms with van der Waals surface area (Å²) in [6.45, 7) is 4.00. The fourth-order valence-electron chi connectivity index (χ4n) is 2.29. The van der Waals surface area contributed by atoms with Crippen LogP contribution in [0.4, 0.5) is 4.39 Å². The van der Waals surface area contributed by atoms with Crippen molar-refractivity contribution in [2.24, 2.45) is 0 Å². The number of likely N-dealkylation sites (N-methyl/N-ethyl adjacent to an activating group) is 1. The van der Waals surface area contributed by atoms with Crippen molar-refractivity contribution in [3.63, 3.8) is 0 Å². The number of hydrogen-bond donors (Lipinski definition) is 0. The molecule has 0 spiro atoms. The van der Waals surface area contributed by atoms with Gasteiger partial charge in [0.05, 0.1) is 29.7 Å². The number of aryl methyl sites for hydroxylation is 1. The second-order valence-corrected chi connectivity index (χ2v) is 5.18. The second-order valence-electron chi connectivity index (χ2n) is 5.18. The first-order chi connectivity index (χ1) is 11.0. The lowest BCUT2D eigenvalue weighted by Gasteiger charge is -2.20. The van der Waals surface area contributed by atoms with E-state index < -0.39 is 5.82 Å². The molecule has 0 aliphatic carbocycles. The van der Waals surface area contributed by atoms with E-state index in [0.717, 1.165) is 0 Å². The highest BCUT2D eigenvalue weighted by Crippen LogP contribution is 2.13. The van der Waals surface area contributed by atoms with Crippen LogP contribution in [0.25, 0.3) is 10.9 Å². The van der Waals surface area contributed by atoms with Gasteiger partial charge in [-0.3, -0.25) is 14.2 Å². The number of hydrogen-bond acceptors (Lipinski definition) is 4. The highest BCUT2D eigenvalue weighted by Gasteiger charge is 2.14. The van der Waals surface area contributed by atoms with E-state index in [9.17, 15) is 14.0 Å². The molecule has 0 unspecified atom stereocenters. The van der Waals surface area contributed by atoms with Crippen molar-refractivity contribution in [1.82, 2.24) is 14.5 Å². The molecule has 0 bridgehead atoms. The van der Waals surface area contributed by atoms with E-state index in [4.69, 9.17) is 5.26 Å². The van der Waals surface area contributed by atoms with Gasteiger partial charge in [0.25, 0.3) is 5.56 Å². The van der Waals surface area contributed by atoms with Gasteiger partial charge in [-0.1, -0.05) is 0 Å². The van der Waals surface area contributed by atoms with Gasteiger partial charge in [-0.25, -0.2) is 9.37 Å². The smallest absolute Gasteiger partial charge is 0.261 e. The van der Waals surface area contributed by atoms with Crippen LogP contribution in [0, 0.1) is 24.1 Å². The Bertz CT molecular complexity index is 838. The fourth-order valence-corrected chi connectivity index (χ4v) is 2.29. The van der Waals surface area contributed by atoms with Crippen LogP contribution < -0.4 is 5.56 Å². The maximum atomic E-state index is 13.5. The lowest BCUT2D eigenvalue weighted by atomic mass is 10.1. The van der Waals surface area contributed by atoms with E-state index in [2.05, 4.69) is 4.98 Å². The molecule has 1 aromatic heterocycles. The summed E-state index contributed by atoms with van der Waals surface area (Å²) in [6.07, 6.45) is 1.48. The Morgan fingerprint density at radius 1 is 1.48 bits per heavy atom. The molecule has 0 aliphatic heterocycles. The highest BCUT2D eigenvalue weighted by atomic mass is 19.1. The van der Waals surface area contributed by atoms with E-state index in [1.165, 1.54) is 27.9 Å². The lowest BCUT2D eigenvalue weighted by molar-refractivity contribution is -0.131. The summed E-state index contributed by atoms with van der Waals surface area (Å²) >= 11 is 0. The predicted octanol–water partition coefficient (Wildman–Crippen LogP) is 1.61. The molecule has 120 valence electrons. The van der Waals surface area contributed by atoms with Crippen LogP contribution >= 0.6 is 0 Å². The number of halogens is 1. The molecular formula is C16H17FN4O2. The summed E-state index contributed by atoms with van der Waals surface area (Å²) in [5, 5.41) is 8.89. The van der Waals surface area contributed by atoms with Gasteiger partial charge in [0.2, 0.25) is 5.91 Å². The van der Waals surface area contributed by atoms with Crippen molar-refractivity contribution >= 4 is 16.8 Å². The maximum absolute atomic E-state index is 13.5. The van der Waals surface area contributed by atoms with Crippen molar-refractivity contribution in [3.8, 4) is 6.07 Å². The summed E-state index contributed by atoms with van der Waals surface area (Å²) in [4.78, 5) is 30.2. The minimum atomic E-state index is -0.424. The number of rotatable bonds is 5. The molecule has 2 rings (SSSR count). The SMILES string of the molecule is CCN(CCC#N)C(=O)Cn1cnc2cc(F)c(C)cc2c1=O. The average Bonchev–Trinajstić information content (AvgIpc) is 2.53. The van der Waals surface area contributed by atoms with Crippen LogP contribution in [-0.4, -0.2) is 33.4 Å². The number of carbonyl (C=O) groups is 1. The number of carbonyl (C=O) groups excluding carboxylic acids is 1. The summed E-state index contributed by atoms with van der Waals surface area (Å²) < 4.78 is 14.7. The molecule has 0 saturated heterocycles. The van der Waals surface area contributed by atoms with Crippen molar-refractivity contribution in [1.29, 1.82) is 5.26 Å². The van der Waals surface area contributed by atoms with Gasteiger partial charge in [-0.05, 0) is 25.5 Å². The number of fused-ring (bicyclic) bond motifs is 1. The van der Waals surface area contributed by atoms with Gasteiger partial charge in [-0.15, -0.1) is 0 Å². The third-order valence-electron chi connectivity index (χ3n) is 3.64. The summed E-state index contributed by atoms with van der Waals surface area (Å²) in [5.41, 5.74) is 0.228. The first-order valence-electron chi connectivity index (χ1n) is 7.28. The van der Waals surface area contributed by atoms with Crippen LogP contribution in [0.3, 0.4) is 0 Å². The molecule has 1 aromatic carbocycles. The van der Waals surface area contributed by atoms with E-state index >= 15 is 0 Å². The van der Waals surface area contributed by atoms with Gasteiger partial charge >= 0.3 is 0 Å². The molecule has 2 aromatic rings. The molecule has 1 amide bonds. The average molecular weight is 316 g/mol. The minimum Gasteiger partial charge on any atom is -0.340 e. The number of nitriles is 1. The van der Waals surface area contributed by atoms with Crippen LogP contribution in [0.2, 0.25) is 0 Å². The first-order valence-corrected chi connectivity index (χ1v) is 7.28. The van der Waals surface area contributed by atoms with Gasteiger partial charge in [0, 0.05) is 19.2 Å². The Kier molecular flexibility index (Phi) is 5.06. The lowest BCUT2D eigenvalue weighted by Crippen LogP contribution is -2.37. The zero-order valence-electron chi connectivity index (χ0n) is 13.0. The quantitative estimate of drug-likeness (QED) is 0.839. The molecule has 0 radical (unpaired) electrons. The number of nitrogens with zero attached hydrogens (tertiary/aromatic N) is 4. The Hall–Kier alpha value is -2.75. The van der Waals surface area contributed by atoms with Crippen molar-refractivity contribution in [3.05, 3.63) is 40.2 Å². The molecule has 23 heavy (non-hydrogen) atoms.